The van der Waals surface area contributed by atoms with Crippen molar-refractivity contribution in [1.29, 1.82) is 0 Å². The first-order valence-corrected chi connectivity index (χ1v) is 41.1. The van der Waals surface area contributed by atoms with Crippen LogP contribution in [0.5, 0.6) is 46.0 Å². The third kappa shape index (κ3) is 20.6. The van der Waals surface area contributed by atoms with Crippen LogP contribution in [0.4, 0.5) is 0 Å². The number of carboxylic acid groups (broad SMARTS) is 2. The highest BCUT2D eigenvalue weighted by atomic mass is 35.5. The average molecular weight is 1770 g/mol. The number of amides is 5. The number of ether oxygens (including phenoxy) is 9. The first-order chi connectivity index (χ1) is 58.6. The summed E-state index contributed by atoms with van der Waals surface area (Å²) < 4.78 is 58.5. The second-order valence-electron chi connectivity index (χ2n) is 33.0. The fourth-order valence-corrected chi connectivity index (χ4v) is 16.9. The van der Waals surface area contributed by atoms with E-state index in [9.17, 15) is 75.3 Å². The summed E-state index contributed by atoms with van der Waals surface area (Å²) in [6.45, 7) is 9.88. The van der Waals surface area contributed by atoms with Gasteiger partial charge in [0.1, 0.15) is 77.4 Å². The zero-order chi connectivity index (χ0) is 90.0. The number of aliphatic hydroxyl groups excluding tert-OH is 6. The SMILES string of the molecule is CC[C@H](CC(C)C)C(=O)NC1C(=O)C[C@@H](CC(N)=O)C(=O)N[C@H]2C(=O)CC3C(=O)N[C@H](C(=O)N[C@@H](C(=O)O)c4cc(O)cc(O)c4-c4cc3ccc4O)[C@H](OC3CC(C)(N)C(O)C(C)O3)c3ccc(c(Cl)c3)Oc3cc2cc(c3OC2OC(CO)C(O)C(O)C2OC2CC(C)(NCC(OCc3ccccc3)C(=O)O)C(O)C(C)O2)Oc2ccc(cc2Cl)[C@H]1O. The standard InChI is InChI=1S/C86H101Cl2N7O29/c1-8-40(20-36(2)3)78(108)94-68-54(100)24-45(27-62(89)102)79(109)92-66-44-25-58(119-56-18-15-42(70(68)103)22-50(56)87)74(124-84-75(72(105)71(104)61(34-96)121-84)123-64-32-86(7,77(107)38(5)118-64)91-33-60(82(112)113)116-35-39-12-10-9-11-13-39)59(26-44)120-57-19-16-43(23-51(57)88)73(122-63-31-85(6,90)76(106)37(4)117-63)69-81(111)93-67(83(114)115)49-28-46(97)29-53(99)65(49)48-21-41(14-17-52(48)98)47(30-55(66)101)80(110)95-69/h9-19,21-23,25-26,28-29,36-38,40,45,47,60-61,63-64,66-73,75-77,84,91,96-99,103-107H,8,20,24,27,30-35,90H2,1-7H3,(H2,89,102)(H,92,109)(H,93,111)(H,94,108)(H,95,110)(H,112,113)(H,114,115)/t37?,38?,40-,45+,47?,60?,61?,63?,64?,66-,67-,68?,69+,70-,71?,72?,73-,75?,76?,77?,84?,85?,86?/m1/s1. The van der Waals surface area contributed by atoms with E-state index in [1.807, 2.05) is 13.8 Å². The van der Waals surface area contributed by atoms with Gasteiger partial charge >= 0.3 is 11.9 Å². The quantitative estimate of drug-likeness (QED) is 0.0422. The molecule has 3 fully saturated rings. The molecule has 16 unspecified atom stereocenters. The van der Waals surface area contributed by atoms with Crippen LogP contribution < -0.4 is 52.3 Å². The van der Waals surface area contributed by atoms with Gasteiger partial charge in [0.25, 0.3) is 0 Å². The van der Waals surface area contributed by atoms with Crippen molar-refractivity contribution in [3.05, 3.63) is 153 Å². The molecule has 23 atom stereocenters. The fraction of sp³-hybridized carbons (Fsp3) is 0.477. The van der Waals surface area contributed by atoms with E-state index in [0.29, 0.717) is 12.0 Å². The number of hydrogen-bond acceptors (Lipinski definition) is 29. The molecule has 6 aromatic carbocycles. The lowest BCUT2D eigenvalue weighted by atomic mass is 9.84. The number of nitrogens with two attached hydrogens (primary N) is 2. The zero-order valence-corrected chi connectivity index (χ0v) is 69.9. The molecule has 668 valence electrons. The number of carboxylic acids is 2. The molecular formula is C86H101Cl2N7O29. The van der Waals surface area contributed by atoms with Crippen LogP contribution in [-0.2, 0) is 78.2 Å². The van der Waals surface area contributed by atoms with Gasteiger partial charge in [0, 0.05) is 78.4 Å². The third-order valence-corrected chi connectivity index (χ3v) is 23.8. The van der Waals surface area contributed by atoms with Crippen molar-refractivity contribution in [1.82, 2.24) is 26.6 Å². The molecule has 14 rings (SSSR count). The number of phenolic OH excluding ortho intramolecular Hbond substituents is 3. The second kappa shape index (κ2) is 38.7. The Kier molecular flexibility index (Phi) is 29.0. The molecule has 6 aromatic rings. The van der Waals surface area contributed by atoms with Crippen molar-refractivity contribution in [3.63, 3.8) is 0 Å². The minimum atomic E-state index is -2.29. The van der Waals surface area contributed by atoms with Gasteiger partial charge in [0.05, 0.1) is 59.5 Å². The molecule has 0 aromatic heterocycles. The Balaban J connectivity index is 1.08. The highest BCUT2D eigenvalue weighted by Crippen LogP contribution is 2.51. The summed E-state index contributed by atoms with van der Waals surface area (Å²) in [4.78, 5) is 134. The third-order valence-electron chi connectivity index (χ3n) is 23.2. The largest absolute Gasteiger partial charge is 0.508 e. The Morgan fingerprint density at radius 3 is 1.94 bits per heavy atom. The van der Waals surface area contributed by atoms with Gasteiger partial charge in [-0.3, -0.25) is 33.6 Å². The number of ketones is 2. The maximum Gasteiger partial charge on any atom is 0.334 e. The van der Waals surface area contributed by atoms with Gasteiger partial charge in [-0.2, -0.15) is 0 Å². The molecule has 124 heavy (non-hydrogen) atoms. The van der Waals surface area contributed by atoms with Gasteiger partial charge in [0.15, 0.2) is 53.9 Å². The Hall–Kier alpha value is -10.2. The highest BCUT2D eigenvalue weighted by molar-refractivity contribution is 6.32. The number of aliphatic carboxylic acids is 2. The molecule has 38 heteroatoms. The number of phenols is 3. The normalized spacial score (nSPS) is 30.3. The van der Waals surface area contributed by atoms with Crippen molar-refractivity contribution < 1.29 is 142 Å². The van der Waals surface area contributed by atoms with Crippen LogP contribution >= 0.6 is 23.2 Å². The first-order valence-electron chi connectivity index (χ1n) is 40.3. The molecule has 11 bridgehead atoms. The number of primary amides is 1. The minimum absolute atomic E-state index is 0.0484. The first kappa shape index (κ1) is 92.9. The van der Waals surface area contributed by atoms with Gasteiger partial charge in [-0.1, -0.05) is 92.5 Å². The van der Waals surface area contributed by atoms with Crippen molar-refractivity contribution in [2.75, 3.05) is 13.2 Å². The lowest BCUT2D eigenvalue weighted by molar-refractivity contribution is -0.334. The summed E-state index contributed by atoms with van der Waals surface area (Å²) >= 11 is 14.7. The van der Waals surface area contributed by atoms with E-state index in [4.69, 9.17) is 77.3 Å². The number of rotatable bonds is 22. The number of hydrogen-bond donors (Lipinski definition) is 18. The van der Waals surface area contributed by atoms with Crippen LogP contribution in [0.2, 0.25) is 10.0 Å². The van der Waals surface area contributed by atoms with E-state index in [-0.39, 0.29) is 59.2 Å². The van der Waals surface area contributed by atoms with E-state index in [1.54, 1.807) is 44.2 Å². The lowest BCUT2D eigenvalue weighted by Crippen LogP contribution is -2.66. The maximum absolute atomic E-state index is 16.7. The Bertz CT molecular complexity index is 5010. The summed E-state index contributed by atoms with van der Waals surface area (Å²) in [5.74, 6) is -21.0. The van der Waals surface area contributed by atoms with Crippen LogP contribution in [0.3, 0.4) is 0 Å². The minimum Gasteiger partial charge on any atom is -0.508 e. The molecule has 0 saturated carbocycles. The summed E-state index contributed by atoms with van der Waals surface area (Å²) in [5.41, 5.74) is 7.72. The van der Waals surface area contributed by atoms with Gasteiger partial charge in [-0.05, 0) is 129 Å². The monoisotopic (exact) mass is 1770 g/mol. The summed E-state index contributed by atoms with van der Waals surface area (Å²) in [7, 11) is 0. The summed E-state index contributed by atoms with van der Waals surface area (Å²) in [5, 5.41) is 140. The number of halogens is 2. The number of benzene rings is 6. The number of carbonyl (C=O) groups is 9. The van der Waals surface area contributed by atoms with Gasteiger partial charge in [0.2, 0.25) is 41.6 Å². The summed E-state index contributed by atoms with van der Waals surface area (Å²) in [6, 6.07) is 14.4. The number of aromatic hydroxyl groups is 3. The highest BCUT2D eigenvalue weighted by Gasteiger charge is 2.53. The van der Waals surface area contributed by atoms with E-state index in [2.05, 4.69) is 26.6 Å². The van der Waals surface area contributed by atoms with Crippen LogP contribution in [0, 0.1) is 17.8 Å². The molecule has 8 aliphatic rings. The van der Waals surface area contributed by atoms with Crippen molar-refractivity contribution >= 4 is 76.2 Å². The number of carbonyl (C=O) groups excluding carboxylic acids is 7. The molecule has 3 saturated heterocycles. The van der Waals surface area contributed by atoms with Crippen molar-refractivity contribution in [2.45, 2.75) is 227 Å². The molecule has 8 aliphatic heterocycles. The van der Waals surface area contributed by atoms with E-state index < -0.39 is 292 Å². The predicted molar refractivity (Wildman–Crippen MR) is 436 cm³/mol. The average Bonchev–Trinajstić information content (AvgIpc) is 0.763. The van der Waals surface area contributed by atoms with Crippen LogP contribution in [-0.4, -0.2) is 219 Å². The number of fused-ring (bicyclic) bond motifs is 15. The number of Topliss-reactive ketones (excluding diaryl/α,β-unsaturated/α-hetero) is 2. The van der Waals surface area contributed by atoms with E-state index in [1.165, 1.54) is 57.2 Å². The molecule has 0 spiro atoms. The van der Waals surface area contributed by atoms with Crippen LogP contribution in [0.25, 0.3) is 11.1 Å². The molecule has 5 amide bonds. The molecule has 0 radical (unpaired) electrons. The Morgan fingerprint density at radius 2 is 1.32 bits per heavy atom. The number of nitrogens with one attached hydrogen (secondary N) is 5. The topological polar surface area (TPSA) is 571 Å². The summed E-state index contributed by atoms with van der Waals surface area (Å²) in [6.07, 6.45) is -26.9. The predicted octanol–water partition coefficient (Wildman–Crippen LogP) is 5.06. The smallest absolute Gasteiger partial charge is 0.334 e. The molecule has 8 heterocycles. The van der Waals surface area contributed by atoms with E-state index in [0.717, 1.165) is 42.5 Å². The van der Waals surface area contributed by atoms with Crippen molar-refractivity contribution in [2.24, 2.45) is 29.2 Å². The van der Waals surface area contributed by atoms with Crippen LogP contribution in [0.1, 0.15) is 157 Å². The van der Waals surface area contributed by atoms with Gasteiger partial charge < -0.3 is 137 Å². The van der Waals surface area contributed by atoms with Crippen molar-refractivity contribution in [3.8, 4) is 57.1 Å². The fourth-order valence-electron chi connectivity index (χ4n) is 16.5. The van der Waals surface area contributed by atoms with Gasteiger partial charge in [-0.25, -0.2) is 9.59 Å². The van der Waals surface area contributed by atoms with Gasteiger partial charge in [-0.15, -0.1) is 0 Å². The zero-order valence-electron chi connectivity index (χ0n) is 68.3. The second-order valence-corrected chi connectivity index (χ2v) is 33.8. The number of aliphatic hydroxyl groups is 6. The maximum atomic E-state index is 16.7. The molecule has 20 N–H and O–H groups in total. The molecule has 0 aliphatic carbocycles. The molecule has 36 nitrogen and oxygen atoms in total. The van der Waals surface area contributed by atoms with Crippen LogP contribution in [0.15, 0.2) is 109 Å². The van der Waals surface area contributed by atoms with E-state index >= 15 is 24.0 Å². The lowest BCUT2D eigenvalue weighted by Gasteiger charge is -2.48. The molecular weight excluding hydrogens is 1670 g/mol. The Labute approximate surface area is 720 Å². The Morgan fingerprint density at radius 1 is 0.685 bits per heavy atom.